The summed E-state index contributed by atoms with van der Waals surface area (Å²) in [7, 11) is 1.86. The number of nitrogens with one attached hydrogen (secondary N) is 1. The van der Waals surface area contributed by atoms with Crippen molar-refractivity contribution in [2.75, 3.05) is 12.8 Å². The van der Waals surface area contributed by atoms with Crippen LogP contribution in [-0.4, -0.2) is 17.2 Å². The Labute approximate surface area is 59.5 Å². The van der Waals surface area contributed by atoms with Crippen LogP contribution < -0.4 is 11.1 Å². The van der Waals surface area contributed by atoms with Crippen LogP contribution in [0.5, 0.6) is 0 Å². The number of hydrogen-bond acceptors (Lipinski definition) is 4. The first-order valence-corrected chi connectivity index (χ1v) is 3.05. The summed E-state index contributed by atoms with van der Waals surface area (Å²) in [6.07, 6.45) is 0. The molecule has 0 aliphatic heterocycles. The van der Waals surface area contributed by atoms with E-state index in [1.165, 1.54) is 0 Å². The van der Waals surface area contributed by atoms with Gasteiger partial charge in [-0.05, 0) is 19.2 Å². The number of nitrogen functional groups attached to an aromatic ring is 1. The molecule has 4 nitrogen and oxygen atoms in total. The van der Waals surface area contributed by atoms with Gasteiger partial charge in [-0.3, -0.25) is 0 Å². The molecule has 1 heterocycles. The maximum Gasteiger partial charge on any atom is 0.146 e. The predicted molar refractivity (Wildman–Crippen MR) is 39.2 cm³/mol. The molecular formula is C6H10N4. The van der Waals surface area contributed by atoms with Gasteiger partial charge < -0.3 is 11.1 Å². The summed E-state index contributed by atoms with van der Waals surface area (Å²) in [5.41, 5.74) is 6.23. The van der Waals surface area contributed by atoms with Gasteiger partial charge in [-0.25, -0.2) is 0 Å². The van der Waals surface area contributed by atoms with E-state index in [9.17, 15) is 0 Å². The molecule has 0 aliphatic rings. The molecule has 0 unspecified atom stereocenters. The van der Waals surface area contributed by atoms with Gasteiger partial charge in [0.15, 0.2) is 0 Å². The summed E-state index contributed by atoms with van der Waals surface area (Å²) in [5.74, 6) is 0.458. The molecule has 3 N–H and O–H groups in total. The highest BCUT2D eigenvalue weighted by molar-refractivity contribution is 5.25. The molecule has 0 radical (unpaired) electrons. The lowest BCUT2D eigenvalue weighted by atomic mass is 10.4. The largest absolute Gasteiger partial charge is 0.382 e. The summed E-state index contributed by atoms with van der Waals surface area (Å²) in [4.78, 5) is 0. The molecule has 0 fully saturated rings. The first kappa shape index (κ1) is 6.95. The monoisotopic (exact) mass is 138 g/mol. The Morgan fingerprint density at radius 3 is 2.80 bits per heavy atom. The van der Waals surface area contributed by atoms with Crippen molar-refractivity contribution in [3.05, 3.63) is 17.8 Å². The third-order valence-electron chi connectivity index (χ3n) is 1.10. The molecule has 0 atom stereocenters. The van der Waals surface area contributed by atoms with Gasteiger partial charge in [0.25, 0.3) is 0 Å². The topological polar surface area (TPSA) is 63.8 Å². The number of nitrogens with zero attached hydrogens (tertiary/aromatic N) is 2. The van der Waals surface area contributed by atoms with Gasteiger partial charge in [-0.1, -0.05) is 0 Å². The Bertz CT molecular complexity index is 193. The van der Waals surface area contributed by atoms with Crippen LogP contribution in [0.2, 0.25) is 0 Å². The quantitative estimate of drug-likeness (QED) is 0.593. The molecular weight excluding hydrogens is 128 g/mol. The molecule has 1 rings (SSSR count). The van der Waals surface area contributed by atoms with Crippen LogP contribution in [0.4, 0.5) is 5.82 Å². The van der Waals surface area contributed by atoms with Gasteiger partial charge in [0.2, 0.25) is 0 Å². The zero-order valence-corrected chi connectivity index (χ0v) is 5.83. The van der Waals surface area contributed by atoms with Crippen molar-refractivity contribution >= 4 is 5.82 Å². The van der Waals surface area contributed by atoms with Crippen LogP contribution in [-0.2, 0) is 6.54 Å². The second-order valence-corrected chi connectivity index (χ2v) is 1.98. The second-order valence-electron chi connectivity index (χ2n) is 1.98. The Balaban J connectivity index is 2.69. The smallest absolute Gasteiger partial charge is 0.146 e. The second kappa shape index (κ2) is 3.12. The number of aromatic nitrogens is 2. The van der Waals surface area contributed by atoms with Crippen LogP contribution in [0.25, 0.3) is 0 Å². The predicted octanol–water partition coefficient (Wildman–Crippen LogP) is -0.222. The van der Waals surface area contributed by atoms with Crippen LogP contribution >= 0.6 is 0 Å². The van der Waals surface area contributed by atoms with E-state index in [-0.39, 0.29) is 0 Å². The first-order valence-electron chi connectivity index (χ1n) is 3.05. The Morgan fingerprint density at radius 2 is 2.30 bits per heavy atom. The molecule has 0 spiro atoms. The fourth-order valence-corrected chi connectivity index (χ4v) is 0.646. The summed E-state index contributed by atoms with van der Waals surface area (Å²) < 4.78 is 0. The van der Waals surface area contributed by atoms with E-state index < -0.39 is 0 Å². The van der Waals surface area contributed by atoms with Crippen LogP contribution in [0.3, 0.4) is 0 Å². The highest BCUT2D eigenvalue weighted by Crippen LogP contribution is 1.95. The van der Waals surface area contributed by atoms with E-state index in [0.29, 0.717) is 5.82 Å². The van der Waals surface area contributed by atoms with Gasteiger partial charge in [0.05, 0.1) is 5.69 Å². The Hall–Kier alpha value is -1.16. The normalized spacial score (nSPS) is 9.70. The van der Waals surface area contributed by atoms with Gasteiger partial charge in [-0.2, -0.15) is 5.10 Å². The third-order valence-corrected chi connectivity index (χ3v) is 1.10. The summed E-state index contributed by atoms with van der Waals surface area (Å²) in [6, 6.07) is 3.58. The van der Waals surface area contributed by atoms with Crippen molar-refractivity contribution < 1.29 is 0 Å². The number of anilines is 1. The maximum absolute atomic E-state index is 5.33. The van der Waals surface area contributed by atoms with Gasteiger partial charge in [-0.15, -0.1) is 5.10 Å². The van der Waals surface area contributed by atoms with Gasteiger partial charge in [0, 0.05) is 6.54 Å². The van der Waals surface area contributed by atoms with Gasteiger partial charge >= 0.3 is 0 Å². The van der Waals surface area contributed by atoms with Crippen molar-refractivity contribution in [2.45, 2.75) is 6.54 Å². The molecule has 0 bridgehead atoms. The molecule has 4 heteroatoms. The van der Waals surface area contributed by atoms with Crippen molar-refractivity contribution in [3.63, 3.8) is 0 Å². The molecule has 0 saturated heterocycles. The lowest BCUT2D eigenvalue weighted by Gasteiger charge is -1.96. The minimum Gasteiger partial charge on any atom is -0.382 e. The zero-order chi connectivity index (χ0) is 7.40. The number of rotatable bonds is 2. The molecule has 1 aromatic rings. The van der Waals surface area contributed by atoms with Gasteiger partial charge in [0.1, 0.15) is 5.82 Å². The Morgan fingerprint density at radius 1 is 1.50 bits per heavy atom. The van der Waals surface area contributed by atoms with E-state index in [1.807, 2.05) is 13.1 Å². The van der Waals surface area contributed by atoms with E-state index >= 15 is 0 Å². The molecule has 0 aliphatic carbocycles. The molecule has 10 heavy (non-hydrogen) atoms. The number of nitrogens with two attached hydrogens (primary N) is 1. The molecule has 0 saturated carbocycles. The molecule has 0 amide bonds. The molecule has 1 aromatic heterocycles. The Kier molecular flexibility index (Phi) is 2.17. The fraction of sp³-hybridized carbons (Fsp3) is 0.333. The molecule has 54 valence electrons. The maximum atomic E-state index is 5.33. The summed E-state index contributed by atoms with van der Waals surface area (Å²) >= 11 is 0. The van der Waals surface area contributed by atoms with Crippen molar-refractivity contribution in [1.82, 2.24) is 15.5 Å². The van der Waals surface area contributed by atoms with Crippen molar-refractivity contribution in [2.24, 2.45) is 0 Å². The van der Waals surface area contributed by atoms with Crippen molar-refractivity contribution in [3.8, 4) is 0 Å². The average Bonchev–Trinajstić information content (AvgIpc) is 1.95. The first-order chi connectivity index (χ1) is 4.83. The fourth-order valence-electron chi connectivity index (χ4n) is 0.646. The minimum atomic E-state index is 0.458. The third kappa shape index (κ3) is 1.66. The van der Waals surface area contributed by atoms with Crippen LogP contribution in [0.15, 0.2) is 12.1 Å². The lowest BCUT2D eigenvalue weighted by molar-refractivity contribution is 0.769. The zero-order valence-electron chi connectivity index (χ0n) is 5.83. The van der Waals surface area contributed by atoms with Crippen LogP contribution in [0, 0.1) is 0 Å². The van der Waals surface area contributed by atoms with Crippen molar-refractivity contribution in [1.29, 1.82) is 0 Å². The van der Waals surface area contributed by atoms with E-state index in [1.54, 1.807) is 6.07 Å². The highest BCUT2D eigenvalue weighted by Gasteiger charge is 1.90. The van der Waals surface area contributed by atoms with E-state index in [2.05, 4.69) is 15.5 Å². The van der Waals surface area contributed by atoms with E-state index in [4.69, 9.17) is 5.73 Å². The minimum absolute atomic E-state index is 0.458. The summed E-state index contributed by atoms with van der Waals surface area (Å²) in [6.45, 7) is 0.729. The lowest BCUT2D eigenvalue weighted by Crippen LogP contribution is -2.07. The number of hydrogen-bond donors (Lipinski definition) is 2. The summed E-state index contributed by atoms with van der Waals surface area (Å²) in [5, 5.41) is 10.5. The molecule has 0 aromatic carbocycles. The highest BCUT2D eigenvalue weighted by atomic mass is 15.1. The van der Waals surface area contributed by atoms with Crippen LogP contribution in [0.1, 0.15) is 5.69 Å². The van der Waals surface area contributed by atoms with E-state index in [0.717, 1.165) is 12.2 Å². The standard InChI is InChI=1S/C6H10N4/c1-8-4-5-2-3-6(7)10-9-5/h2-3,8H,4H2,1H3,(H2,7,10). The average molecular weight is 138 g/mol. The SMILES string of the molecule is CNCc1ccc(N)nn1.